The zero-order valence-electron chi connectivity index (χ0n) is 15.0. The second-order valence-electron chi connectivity index (χ2n) is 6.11. The third-order valence-electron chi connectivity index (χ3n) is 4.22. The Morgan fingerprint density at radius 1 is 0.900 bits per heavy atom. The molecule has 2 aromatic rings. The molecule has 0 saturated carbocycles. The molecule has 0 bridgehead atoms. The lowest BCUT2D eigenvalue weighted by Crippen LogP contribution is -2.64. The average Bonchev–Trinajstić information content (AvgIpc) is 2.84. The van der Waals surface area contributed by atoms with Crippen molar-refractivity contribution in [2.45, 2.75) is 30.9 Å². The summed E-state index contributed by atoms with van der Waals surface area (Å²) in [7, 11) is 1.23. The summed E-state index contributed by atoms with van der Waals surface area (Å²) in [6.45, 7) is 1.09. The molecule has 30 heavy (non-hydrogen) atoms. The summed E-state index contributed by atoms with van der Waals surface area (Å²) in [5.41, 5.74) is -2.32. The van der Waals surface area contributed by atoms with Crippen molar-refractivity contribution in [2.24, 2.45) is 7.05 Å². The fourth-order valence-electron chi connectivity index (χ4n) is 2.42. The number of hydrogen-bond donors (Lipinski definition) is 1. The average molecular weight is 449 g/mol. The maximum absolute atomic E-state index is 13.7. The predicted octanol–water partition coefficient (Wildman–Crippen LogP) is 3.89. The van der Waals surface area contributed by atoms with Gasteiger partial charge in [-0.3, -0.25) is 14.3 Å². The highest BCUT2D eigenvalue weighted by atomic mass is 19.4. The number of benzene rings is 1. The standard InChI is InChI=1S/C16H12F9N3O2/c1-8-10(11(29)28(27(8)2)9-6-4-3-5-7-9)26-12(30)13(17,18)14(19,20)15(21,22)16(23,24)25/h3-7H,1-2H3,(H,26,30). The lowest BCUT2D eigenvalue weighted by atomic mass is 10.0. The van der Waals surface area contributed by atoms with Crippen LogP contribution in [0.5, 0.6) is 0 Å². The fourth-order valence-corrected chi connectivity index (χ4v) is 2.42. The van der Waals surface area contributed by atoms with Gasteiger partial charge in [-0.1, -0.05) is 18.2 Å². The molecule has 2 rings (SSSR count). The topological polar surface area (TPSA) is 56.0 Å². The highest BCUT2D eigenvalue weighted by Crippen LogP contribution is 2.53. The largest absolute Gasteiger partial charge is 0.460 e. The van der Waals surface area contributed by atoms with Crippen LogP contribution in [0, 0.1) is 6.92 Å². The van der Waals surface area contributed by atoms with Crippen LogP contribution in [0.3, 0.4) is 0 Å². The van der Waals surface area contributed by atoms with Crippen LogP contribution in [0.1, 0.15) is 5.69 Å². The first kappa shape index (κ1) is 23.3. The van der Waals surface area contributed by atoms with Gasteiger partial charge in [-0.15, -0.1) is 0 Å². The van der Waals surface area contributed by atoms with Crippen molar-refractivity contribution in [3.05, 3.63) is 46.4 Å². The molecule has 1 aromatic carbocycles. The minimum atomic E-state index is -7.23. The molecule has 0 saturated heterocycles. The van der Waals surface area contributed by atoms with Crippen LogP contribution in [-0.4, -0.2) is 39.2 Å². The van der Waals surface area contributed by atoms with Gasteiger partial charge < -0.3 is 5.32 Å². The van der Waals surface area contributed by atoms with Crippen molar-refractivity contribution in [3.8, 4) is 5.69 Å². The highest BCUT2D eigenvalue weighted by molar-refractivity contribution is 5.97. The monoisotopic (exact) mass is 449 g/mol. The number of hydrogen-bond acceptors (Lipinski definition) is 2. The van der Waals surface area contributed by atoms with Gasteiger partial charge in [0.15, 0.2) is 0 Å². The molecule has 1 amide bonds. The molecule has 1 heterocycles. The van der Waals surface area contributed by atoms with Crippen molar-refractivity contribution < 1.29 is 44.3 Å². The third kappa shape index (κ3) is 3.33. The van der Waals surface area contributed by atoms with E-state index in [1.54, 1.807) is 6.07 Å². The Kier molecular flexibility index (Phi) is 5.52. The molecule has 0 atom stereocenters. The van der Waals surface area contributed by atoms with Crippen LogP contribution in [0.15, 0.2) is 35.1 Å². The Balaban J connectivity index is 2.49. The lowest BCUT2D eigenvalue weighted by Gasteiger charge is -2.32. The first-order chi connectivity index (χ1) is 13.5. The van der Waals surface area contributed by atoms with Crippen LogP contribution in [0.4, 0.5) is 45.2 Å². The maximum atomic E-state index is 13.7. The van der Waals surface area contributed by atoms with Gasteiger partial charge in [0.05, 0.1) is 11.4 Å². The third-order valence-corrected chi connectivity index (χ3v) is 4.22. The van der Waals surface area contributed by atoms with Crippen LogP contribution in [0.25, 0.3) is 5.69 Å². The number of nitrogens with zero attached hydrogens (tertiary/aromatic N) is 2. The molecule has 0 aliphatic carbocycles. The van der Waals surface area contributed by atoms with E-state index in [2.05, 4.69) is 0 Å². The van der Waals surface area contributed by atoms with Gasteiger partial charge in [-0.2, -0.15) is 39.5 Å². The number of alkyl halides is 9. The summed E-state index contributed by atoms with van der Waals surface area (Å²) in [6.07, 6.45) is -7.07. The number of amides is 1. The first-order valence-electron chi connectivity index (χ1n) is 7.84. The van der Waals surface area contributed by atoms with E-state index in [1.165, 1.54) is 31.3 Å². The normalized spacial score (nSPS) is 13.4. The summed E-state index contributed by atoms with van der Waals surface area (Å²) < 4.78 is 119. The quantitative estimate of drug-likeness (QED) is 0.705. The Labute approximate surface area is 161 Å². The van der Waals surface area contributed by atoms with Crippen molar-refractivity contribution >= 4 is 11.6 Å². The molecule has 0 aliphatic rings. The minimum absolute atomic E-state index is 0.161. The van der Waals surface area contributed by atoms with Crippen LogP contribution in [0.2, 0.25) is 0 Å². The second-order valence-corrected chi connectivity index (χ2v) is 6.11. The van der Waals surface area contributed by atoms with Crippen LogP contribution < -0.4 is 10.9 Å². The summed E-state index contributed by atoms with van der Waals surface area (Å²) in [6, 6.07) is 7.31. The van der Waals surface area contributed by atoms with Gasteiger partial charge in [0.25, 0.3) is 5.56 Å². The molecule has 5 nitrogen and oxygen atoms in total. The number of carbonyl (C=O) groups is 1. The molecule has 0 unspecified atom stereocenters. The molecule has 1 aromatic heterocycles. The minimum Gasteiger partial charge on any atom is -0.314 e. The van der Waals surface area contributed by atoms with Crippen LogP contribution >= 0.6 is 0 Å². The number of carbonyl (C=O) groups excluding carboxylic acids is 1. The SMILES string of the molecule is Cc1c(NC(=O)C(F)(F)C(F)(F)C(F)(F)C(F)(F)F)c(=O)n(-c2ccccc2)n1C. The fraction of sp³-hybridized carbons (Fsp3) is 0.375. The smallest absolute Gasteiger partial charge is 0.314 e. The highest BCUT2D eigenvalue weighted by Gasteiger charge is 2.83. The van der Waals surface area contributed by atoms with E-state index in [4.69, 9.17) is 0 Å². The Morgan fingerprint density at radius 3 is 1.87 bits per heavy atom. The van der Waals surface area contributed by atoms with Crippen molar-refractivity contribution in [1.29, 1.82) is 0 Å². The molecule has 0 aliphatic heterocycles. The molecule has 0 radical (unpaired) electrons. The number of anilines is 1. The van der Waals surface area contributed by atoms with Gasteiger partial charge in [0.1, 0.15) is 5.69 Å². The van der Waals surface area contributed by atoms with E-state index in [0.29, 0.717) is 0 Å². The van der Waals surface area contributed by atoms with Crippen molar-refractivity contribution in [1.82, 2.24) is 9.36 Å². The molecule has 0 spiro atoms. The number of rotatable bonds is 5. The summed E-state index contributed by atoms with van der Waals surface area (Å²) >= 11 is 0. The zero-order chi connectivity index (χ0) is 23.3. The summed E-state index contributed by atoms with van der Waals surface area (Å²) in [5, 5.41) is 1.06. The summed E-state index contributed by atoms with van der Waals surface area (Å²) in [4.78, 5) is 24.1. The molecule has 1 N–H and O–H groups in total. The van der Waals surface area contributed by atoms with Crippen LogP contribution in [-0.2, 0) is 11.8 Å². The number of aromatic nitrogens is 2. The van der Waals surface area contributed by atoms with Gasteiger partial charge in [0, 0.05) is 7.05 Å². The molecule has 14 heteroatoms. The van der Waals surface area contributed by atoms with E-state index < -0.39 is 41.1 Å². The van der Waals surface area contributed by atoms with Crippen molar-refractivity contribution in [2.75, 3.05) is 5.32 Å². The zero-order valence-corrected chi connectivity index (χ0v) is 15.0. The molecule has 166 valence electrons. The Morgan fingerprint density at radius 2 is 1.40 bits per heavy atom. The first-order valence-corrected chi connectivity index (χ1v) is 7.84. The van der Waals surface area contributed by atoms with Crippen molar-refractivity contribution in [3.63, 3.8) is 0 Å². The van der Waals surface area contributed by atoms with Gasteiger partial charge in [-0.05, 0) is 19.1 Å². The number of nitrogens with one attached hydrogen (secondary N) is 1. The van der Waals surface area contributed by atoms with E-state index in [9.17, 15) is 49.1 Å². The number of halogens is 9. The molecule has 0 fully saturated rings. The van der Waals surface area contributed by atoms with E-state index >= 15 is 0 Å². The predicted molar refractivity (Wildman–Crippen MR) is 85.3 cm³/mol. The lowest BCUT2D eigenvalue weighted by molar-refractivity contribution is -0.388. The summed E-state index contributed by atoms with van der Waals surface area (Å²) in [5.74, 6) is -24.1. The Bertz CT molecular complexity index is 1010. The van der Waals surface area contributed by atoms with Gasteiger partial charge in [-0.25, -0.2) is 4.68 Å². The second kappa shape index (κ2) is 7.09. The van der Waals surface area contributed by atoms with Gasteiger partial charge in [0.2, 0.25) is 0 Å². The van der Waals surface area contributed by atoms with Gasteiger partial charge >= 0.3 is 29.9 Å². The molecular formula is C16H12F9N3O2. The Hall–Kier alpha value is -2.93. The van der Waals surface area contributed by atoms with E-state index in [-0.39, 0.29) is 11.4 Å². The number of para-hydroxylation sites is 1. The van der Waals surface area contributed by atoms with E-state index in [0.717, 1.165) is 21.6 Å². The van der Waals surface area contributed by atoms with E-state index in [1.807, 2.05) is 0 Å². The molecular weight excluding hydrogens is 437 g/mol. The maximum Gasteiger partial charge on any atom is 0.460 e.